The minimum absolute atomic E-state index is 0.0231. The summed E-state index contributed by atoms with van der Waals surface area (Å²) in [7, 11) is 1.78. The van der Waals surface area contributed by atoms with Crippen molar-refractivity contribution in [3.8, 4) is 0 Å². The Morgan fingerprint density at radius 2 is 2.23 bits per heavy atom. The van der Waals surface area contributed by atoms with Crippen LogP contribution >= 0.6 is 0 Å². The molecule has 1 aromatic rings. The zero-order chi connectivity index (χ0) is 9.84. The molecular weight excluding hydrogens is 164 g/mol. The molecule has 0 aliphatic carbocycles. The zero-order valence-electron chi connectivity index (χ0n) is 8.24. The smallest absolute Gasteiger partial charge is 0.255 e. The topological polar surface area (TPSA) is 33.2 Å². The van der Waals surface area contributed by atoms with E-state index in [9.17, 15) is 4.79 Å². The molecule has 3 nitrogen and oxygen atoms in total. The number of nitrogens with zero attached hydrogens (tertiary/aromatic N) is 2. The largest absolute Gasteiger partial charge is 0.342 e. The first-order chi connectivity index (χ1) is 6.15. The molecule has 0 spiro atoms. The van der Waals surface area contributed by atoms with Gasteiger partial charge in [-0.1, -0.05) is 0 Å². The van der Waals surface area contributed by atoms with Crippen molar-refractivity contribution in [3.05, 3.63) is 29.6 Å². The molecule has 1 rings (SSSR count). The van der Waals surface area contributed by atoms with Gasteiger partial charge >= 0.3 is 0 Å². The fraction of sp³-hybridized carbons (Fsp3) is 0.400. The van der Waals surface area contributed by atoms with E-state index in [4.69, 9.17) is 0 Å². The Hall–Kier alpha value is -1.38. The summed E-state index contributed by atoms with van der Waals surface area (Å²) >= 11 is 0. The molecule has 1 amide bonds. The predicted molar refractivity (Wildman–Crippen MR) is 51.6 cm³/mol. The molecule has 0 unspecified atom stereocenters. The molecule has 0 bridgehead atoms. The highest BCUT2D eigenvalue weighted by Crippen LogP contribution is 2.02. The quantitative estimate of drug-likeness (QED) is 0.687. The number of amides is 1. The van der Waals surface area contributed by atoms with E-state index in [1.165, 1.54) is 0 Å². The maximum Gasteiger partial charge on any atom is 0.255 e. The standard InChI is InChI=1S/C10H14N2O/c1-4-12(3)10(13)9-6-5-8(2)11-7-9/h5-7H,4H2,1-3H3. The summed E-state index contributed by atoms with van der Waals surface area (Å²) in [6.45, 7) is 4.56. The fourth-order valence-electron chi connectivity index (χ4n) is 0.958. The van der Waals surface area contributed by atoms with Gasteiger partial charge in [-0.05, 0) is 26.0 Å². The highest BCUT2D eigenvalue weighted by Gasteiger charge is 2.08. The number of carbonyl (C=O) groups is 1. The number of hydrogen-bond donors (Lipinski definition) is 0. The summed E-state index contributed by atoms with van der Waals surface area (Å²) in [5, 5.41) is 0. The number of pyridine rings is 1. The van der Waals surface area contributed by atoms with Gasteiger partial charge in [-0.2, -0.15) is 0 Å². The Kier molecular flexibility index (Phi) is 3.01. The second-order valence-electron chi connectivity index (χ2n) is 3.01. The molecule has 0 N–H and O–H groups in total. The van der Waals surface area contributed by atoms with Gasteiger partial charge in [-0.15, -0.1) is 0 Å². The highest BCUT2D eigenvalue weighted by atomic mass is 16.2. The molecule has 0 aliphatic heterocycles. The van der Waals surface area contributed by atoms with Crippen molar-refractivity contribution in [2.24, 2.45) is 0 Å². The molecule has 1 aromatic heterocycles. The van der Waals surface area contributed by atoms with Gasteiger partial charge in [0.05, 0.1) is 5.56 Å². The number of carbonyl (C=O) groups excluding carboxylic acids is 1. The molecule has 0 atom stereocenters. The van der Waals surface area contributed by atoms with Crippen molar-refractivity contribution in [2.45, 2.75) is 13.8 Å². The minimum Gasteiger partial charge on any atom is -0.342 e. The zero-order valence-corrected chi connectivity index (χ0v) is 8.24. The maximum absolute atomic E-state index is 11.6. The van der Waals surface area contributed by atoms with E-state index in [-0.39, 0.29) is 5.91 Å². The summed E-state index contributed by atoms with van der Waals surface area (Å²) in [4.78, 5) is 17.3. The average molecular weight is 178 g/mol. The summed E-state index contributed by atoms with van der Waals surface area (Å²) in [6, 6.07) is 3.65. The Balaban J connectivity index is 2.83. The summed E-state index contributed by atoms with van der Waals surface area (Å²) in [6.07, 6.45) is 1.61. The average Bonchev–Trinajstić information content (AvgIpc) is 2.17. The first kappa shape index (κ1) is 9.71. The highest BCUT2D eigenvalue weighted by molar-refractivity contribution is 5.93. The normalized spacial score (nSPS) is 9.77. The van der Waals surface area contributed by atoms with Gasteiger partial charge in [-0.25, -0.2) is 0 Å². The Morgan fingerprint density at radius 1 is 1.54 bits per heavy atom. The van der Waals surface area contributed by atoms with Crippen LogP contribution in [0.1, 0.15) is 23.0 Å². The molecular formula is C10H14N2O. The van der Waals surface area contributed by atoms with Crippen molar-refractivity contribution >= 4 is 5.91 Å². The van der Waals surface area contributed by atoms with E-state index in [2.05, 4.69) is 4.98 Å². The summed E-state index contributed by atoms with van der Waals surface area (Å²) < 4.78 is 0. The number of hydrogen-bond acceptors (Lipinski definition) is 2. The van der Waals surface area contributed by atoms with E-state index >= 15 is 0 Å². The monoisotopic (exact) mass is 178 g/mol. The van der Waals surface area contributed by atoms with Crippen LogP contribution in [0.5, 0.6) is 0 Å². The van der Waals surface area contributed by atoms with E-state index in [0.29, 0.717) is 12.1 Å². The van der Waals surface area contributed by atoms with Crippen LogP contribution in [0, 0.1) is 6.92 Å². The molecule has 1 heterocycles. The van der Waals surface area contributed by atoms with Gasteiger partial charge in [0.2, 0.25) is 0 Å². The third-order valence-corrected chi connectivity index (χ3v) is 1.98. The minimum atomic E-state index is 0.0231. The molecule has 0 radical (unpaired) electrons. The van der Waals surface area contributed by atoms with Crippen LogP contribution in [0.3, 0.4) is 0 Å². The predicted octanol–water partition coefficient (Wildman–Crippen LogP) is 1.48. The SMILES string of the molecule is CCN(C)C(=O)c1ccc(C)nc1. The van der Waals surface area contributed by atoms with E-state index < -0.39 is 0 Å². The van der Waals surface area contributed by atoms with Crippen molar-refractivity contribution < 1.29 is 4.79 Å². The Morgan fingerprint density at radius 3 is 2.69 bits per heavy atom. The van der Waals surface area contributed by atoms with Crippen molar-refractivity contribution in [1.29, 1.82) is 0 Å². The van der Waals surface area contributed by atoms with Gasteiger partial charge in [0, 0.05) is 25.5 Å². The molecule has 0 aliphatic rings. The molecule has 3 heteroatoms. The van der Waals surface area contributed by atoms with Crippen molar-refractivity contribution in [3.63, 3.8) is 0 Å². The molecule has 0 fully saturated rings. The van der Waals surface area contributed by atoms with Crippen LogP contribution in [0.15, 0.2) is 18.3 Å². The maximum atomic E-state index is 11.6. The lowest BCUT2D eigenvalue weighted by Gasteiger charge is -2.13. The van der Waals surface area contributed by atoms with Gasteiger partial charge in [0.25, 0.3) is 5.91 Å². The first-order valence-corrected chi connectivity index (χ1v) is 4.33. The van der Waals surface area contributed by atoms with Crippen LogP contribution in [-0.2, 0) is 0 Å². The second kappa shape index (κ2) is 4.03. The van der Waals surface area contributed by atoms with Gasteiger partial charge in [-0.3, -0.25) is 9.78 Å². The van der Waals surface area contributed by atoms with Crippen molar-refractivity contribution in [1.82, 2.24) is 9.88 Å². The molecule has 0 saturated heterocycles. The molecule has 0 saturated carbocycles. The van der Waals surface area contributed by atoms with Crippen molar-refractivity contribution in [2.75, 3.05) is 13.6 Å². The molecule has 70 valence electrons. The lowest BCUT2D eigenvalue weighted by atomic mass is 10.2. The number of aryl methyl sites for hydroxylation is 1. The fourth-order valence-corrected chi connectivity index (χ4v) is 0.958. The van der Waals surface area contributed by atoms with Gasteiger partial charge < -0.3 is 4.90 Å². The number of rotatable bonds is 2. The third-order valence-electron chi connectivity index (χ3n) is 1.98. The molecule has 13 heavy (non-hydrogen) atoms. The summed E-state index contributed by atoms with van der Waals surface area (Å²) in [5.41, 5.74) is 1.57. The van der Waals surface area contributed by atoms with Crippen LogP contribution in [0.4, 0.5) is 0 Å². The second-order valence-corrected chi connectivity index (χ2v) is 3.01. The lowest BCUT2D eigenvalue weighted by Crippen LogP contribution is -2.26. The van der Waals surface area contributed by atoms with Gasteiger partial charge in [0.15, 0.2) is 0 Å². The van der Waals surface area contributed by atoms with Crippen LogP contribution in [0.25, 0.3) is 0 Å². The third kappa shape index (κ3) is 2.28. The lowest BCUT2D eigenvalue weighted by molar-refractivity contribution is 0.0802. The van der Waals surface area contributed by atoms with E-state index in [0.717, 1.165) is 5.69 Å². The summed E-state index contributed by atoms with van der Waals surface area (Å²) in [5.74, 6) is 0.0231. The first-order valence-electron chi connectivity index (χ1n) is 4.33. The van der Waals surface area contributed by atoms with Crippen LogP contribution in [0.2, 0.25) is 0 Å². The van der Waals surface area contributed by atoms with Gasteiger partial charge in [0.1, 0.15) is 0 Å². The Bertz CT molecular complexity index is 292. The van der Waals surface area contributed by atoms with E-state index in [1.807, 2.05) is 19.9 Å². The molecule has 0 aromatic carbocycles. The Labute approximate surface area is 78.4 Å². The van der Waals surface area contributed by atoms with Crippen LogP contribution < -0.4 is 0 Å². The number of aromatic nitrogens is 1. The van der Waals surface area contributed by atoms with Crippen LogP contribution in [-0.4, -0.2) is 29.4 Å². The van der Waals surface area contributed by atoms with E-state index in [1.54, 1.807) is 24.2 Å².